The van der Waals surface area contributed by atoms with E-state index in [9.17, 15) is 4.21 Å². The molecule has 6 heteroatoms. The van der Waals surface area contributed by atoms with Crippen LogP contribution < -0.4 is 0 Å². The van der Waals surface area contributed by atoms with Crippen molar-refractivity contribution in [1.29, 1.82) is 0 Å². The van der Waals surface area contributed by atoms with Crippen LogP contribution in [0.3, 0.4) is 0 Å². The van der Waals surface area contributed by atoms with Gasteiger partial charge in [-0.3, -0.25) is 4.21 Å². The van der Waals surface area contributed by atoms with Crippen LogP contribution in [0.1, 0.15) is 0 Å². The Morgan fingerprint density at radius 3 is 1.38 bits per heavy atom. The van der Waals surface area contributed by atoms with E-state index < -0.39 is 7.55 Å². The minimum atomic E-state index is -2.40. The van der Waals surface area contributed by atoms with Crippen LogP contribution in [-0.2, 0) is 7.55 Å². The third-order valence-corrected chi connectivity index (χ3v) is 18.4. The van der Waals surface area contributed by atoms with Gasteiger partial charge in [0.2, 0.25) is 0 Å². The van der Waals surface area contributed by atoms with Gasteiger partial charge >= 0.3 is 0 Å². The first-order valence-corrected chi connectivity index (χ1v) is 11.2. The zero-order valence-corrected chi connectivity index (χ0v) is 10.2. The van der Waals surface area contributed by atoms with Crippen LogP contribution in [0.15, 0.2) is 0 Å². The summed E-state index contributed by atoms with van der Waals surface area (Å²) in [5.74, 6) is 0. The minimum absolute atomic E-state index is 0.382. The summed E-state index contributed by atoms with van der Waals surface area (Å²) < 4.78 is 11.4. The van der Waals surface area contributed by atoms with E-state index in [2.05, 4.69) is 25.3 Å². The first kappa shape index (κ1) is 9.87. The highest BCUT2D eigenvalue weighted by atomic mass is 33.6. The van der Waals surface area contributed by atoms with Crippen LogP contribution in [0.25, 0.3) is 0 Å². The number of rotatable bonds is 1. The fourth-order valence-corrected chi connectivity index (χ4v) is 0. The molecule has 8 heavy (non-hydrogen) atoms. The molecule has 52 valence electrons. The standard InChI is InChI=1S/C2H12OP4S/c1-7(2)8(3,4,5)6/h4-6H2,1-2H3. The second-order valence-electron chi connectivity index (χ2n) is 1.90. The van der Waals surface area contributed by atoms with Gasteiger partial charge in [-0.05, 0) is 28.0 Å². The van der Waals surface area contributed by atoms with Gasteiger partial charge in [-0.2, -0.15) is 0 Å². The Kier molecular flexibility index (Phi) is 3.07. The van der Waals surface area contributed by atoms with E-state index in [1.165, 1.54) is 0 Å². The third-order valence-electron chi connectivity index (χ3n) is 0.782. The summed E-state index contributed by atoms with van der Waals surface area (Å²) in [6.07, 6.45) is 0. The Hall–Kier alpha value is 1.87. The summed E-state index contributed by atoms with van der Waals surface area (Å²) in [5.41, 5.74) is 0. The average Bonchev–Trinajstić information content (AvgIpc) is 1.27. The van der Waals surface area contributed by atoms with Crippen molar-refractivity contribution in [2.45, 2.75) is 0 Å². The first-order chi connectivity index (χ1) is 3.20. The van der Waals surface area contributed by atoms with Crippen LogP contribution in [0.4, 0.5) is 0 Å². The lowest BCUT2D eigenvalue weighted by atomic mass is 11.9. The quantitative estimate of drug-likeness (QED) is 0.601. The lowest BCUT2D eigenvalue weighted by molar-refractivity contribution is 0.694. The molecule has 0 saturated carbocycles. The molecule has 3 atom stereocenters. The molecule has 0 bridgehead atoms. The largest absolute Gasteiger partial charge is 0.268 e. The summed E-state index contributed by atoms with van der Waals surface area (Å²) in [5, 5.41) is 0. The molecule has 0 spiro atoms. The third kappa shape index (κ3) is 3.81. The highest BCUT2D eigenvalue weighted by Gasteiger charge is 2.22. The number of hydrogen-bond donors (Lipinski definition) is 0. The molecular weight excluding hydrogens is 196 g/mol. The summed E-state index contributed by atoms with van der Waals surface area (Å²) in [4.78, 5) is 0. The second kappa shape index (κ2) is 2.48. The van der Waals surface area contributed by atoms with E-state index in [1.54, 1.807) is 0 Å². The number of hydrogen-bond acceptors (Lipinski definition) is 1. The molecule has 0 N–H and O–H groups in total. The molecule has 1 nitrogen and oxygen atoms in total. The topological polar surface area (TPSA) is 17.1 Å². The van der Waals surface area contributed by atoms with Gasteiger partial charge in [-0.15, -0.1) is 0 Å². The Bertz CT molecular complexity index is 135. The van der Waals surface area contributed by atoms with Gasteiger partial charge < -0.3 is 0 Å². The molecule has 0 saturated heterocycles. The van der Waals surface area contributed by atoms with Crippen LogP contribution >= 0.6 is 32.4 Å². The zero-order valence-electron chi connectivity index (χ0n) is 5.00. The van der Waals surface area contributed by atoms with Crippen molar-refractivity contribution < 1.29 is 4.21 Å². The molecule has 0 heterocycles. The highest BCUT2D eigenvalue weighted by Crippen LogP contribution is 2.69. The molecule has 3 unspecified atom stereocenters. The van der Waals surface area contributed by atoms with Gasteiger partial charge in [0.1, 0.15) is 0 Å². The molecule has 0 aliphatic rings. The van der Waals surface area contributed by atoms with Gasteiger partial charge in [0.05, 0.1) is 0 Å². The summed E-state index contributed by atoms with van der Waals surface area (Å²) in [6, 6.07) is 0. The Balaban J connectivity index is 4.40. The van der Waals surface area contributed by atoms with E-state index in [-0.39, 0.29) is 7.12 Å². The van der Waals surface area contributed by atoms with Gasteiger partial charge in [-0.25, -0.2) is 0 Å². The highest BCUT2D eigenvalue weighted by molar-refractivity contribution is 9.23. The predicted molar refractivity (Wildman–Crippen MR) is 56.0 cm³/mol. The van der Waals surface area contributed by atoms with Gasteiger partial charge in [0.15, 0.2) is 0 Å². The molecule has 0 rings (SSSR count). The van der Waals surface area contributed by atoms with Crippen LogP contribution in [0.5, 0.6) is 0 Å². The first-order valence-electron chi connectivity index (χ1n) is 1.95. The second-order valence-corrected chi connectivity index (χ2v) is 27.5. The molecule has 0 aliphatic heterocycles. The van der Waals surface area contributed by atoms with Crippen molar-refractivity contribution in [2.75, 3.05) is 13.3 Å². The molecule has 0 aliphatic carbocycles. The lowest BCUT2D eigenvalue weighted by Gasteiger charge is -2.32. The lowest BCUT2D eigenvalue weighted by Crippen LogP contribution is -1.96. The van der Waals surface area contributed by atoms with Gasteiger partial charge in [-0.1, -0.05) is 25.3 Å². The van der Waals surface area contributed by atoms with Gasteiger partial charge in [0.25, 0.3) is 0 Å². The van der Waals surface area contributed by atoms with E-state index >= 15 is 0 Å². The van der Waals surface area contributed by atoms with Crippen LogP contribution in [0.2, 0.25) is 0 Å². The van der Waals surface area contributed by atoms with Crippen molar-refractivity contribution in [1.82, 2.24) is 0 Å². The Labute approximate surface area is 57.9 Å². The van der Waals surface area contributed by atoms with Crippen LogP contribution in [0, 0.1) is 0 Å². The SMILES string of the molecule is CP(C)S(=O)(P)(P)P. The molecule has 0 fully saturated rings. The Morgan fingerprint density at radius 2 is 1.38 bits per heavy atom. The van der Waals surface area contributed by atoms with E-state index in [0.717, 1.165) is 0 Å². The van der Waals surface area contributed by atoms with Crippen molar-refractivity contribution in [2.24, 2.45) is 0 Å². The maximum absolute atomic E-state index is 11.4. The maximum atomic E-state index is 11.4. The molecule has 0 amide bonds. The zero-order chi connectivity index (χ0) is 7.02. The monoisotopic (exact) mass is 208 g/mol. The minimum Gasteiger partial charge on any atom is -0.268 e. The molecule has 0 aromatic carbocycles. The maximum Gasteiger partial charge on any atom is -0.0320 e. The molecule has 0 radical (unpaired) electrons. The summed E-state index contributed by atoms with van der Waals surface area (Å²) >= 11 is 0. The summed E-state index contributed by atoms with van der Waals surface area (Å²) in [6.45, 7) is 3.99. The fourth-order valence-electron chi connectivity index (χ4n) is 0. The van der Waals surface area contributed by atoms with Gasteiger partial charge in [0, 0.05) is 0 Å². The average molecular weight is 208 g/mol. The van der Waals surface area contributed by atoms with Crippen molar-refractivity contribution in [3.63, 3.8) is 0 Å². The smallest absolute Gasteiger partial charge is 0.0320 e. The predicted octanol–water partition coefficient (Wildman–Crippen LogP) is 1.83. The normalized spacial score (nSPS) is 18.0. The van der Waals surface area contributed by atoms with Crippen molar-refractivity contribution >= 4 is 40.0 Å². The van der Waals surface area contributed by atoms with Crippen molar-refractivity contribution in [3.05, 3.63) is 0 Å². The molecule has 0 aromatic heterocycles. The fraction of sp³-hybridized carbons (Fsp3) is 1.00. The van der Waals surface area contributed by atoms with E-state index in [4.69, 9.17) is 0 Å². The van der Waals surface area contributed by atoms with E-state index in [0.29, 0.717) is 0 Å². The molecular formula is C2H12OP4S. The molecule has 0 aromatic rings. The summed E-state index contributed by atoms with van der Waals surface area (Å²) in [7, 11) is 4.41. The Morgan fingerprint density at radius 1 is 1.25 bits per heavy atom. The van der Waals surface area contributed by atoms with Crippen molar-refractivity contribution in [3.8, 4) is 0 Å². The van der Waals surface area contributed by atoms with Crippen LogP contribution in [-0.4, -0.2) is 17.5 Å². The van der Waals surface area contributed by atoms with E-state index in [1.807, 2.05) is 13.3 Å².